The monoisotopic (exact) mass is 344 g/mol. The minimum atomic E-state index is -0.472. The summed E-state index contributed by atoms with van der Waals surface area (Å²) < 4.78 is 14.7. The van der Waals surface area contributed by atoms with Crippen molar-refractivity contribution in [3.8, 4) is 0 Å². The lowest BCUT2D eigenvalue weighted by molar-refractivity contribution is 0.0941. The predicted octanol–water partition coefficient (Wildman–Crippen LogP) is 4.65. The Morgan fingerprint density at radius 1 is 1.17 bits per heavy atom. The molecule has 122 valence electrons. The van der Waals surface area contributed by atoms with Crippen molar-refractivity contribution < 1.29 is 14.0 Å². The Hall–Kier alpha value is -2.66. The highest BCUT2D eigenvalue weighted by molar-refractivity contribution is 6.31. The fourth-order valence-electron chi connectivity index (χ4n) is 2.51. The lowest BCUT2D eigenvalue weighted by atomic mass is 10.1. The van der Waals surface area contributed by atoms with Gasteiger partial charge in [-0.05, 0) is 42.8 Å². The van der Waals surface area contributed by atoms with Crippen LogP contribution in [0.1, 0.15) is 27.6 Å². The summed E-state index contributed by atoms with van der Waals surface area (Å²) in [7, 11) is 0. The number of carbonyl (C=O) groups excluding carboxylic acids is 2. The maximum absolute atomic E-state index is 13.5. The van der Waals surface area contributed by atoms with Crippen LogP contribution in [-0.4, -0.2) is 16.4 Å². The Morgan fingerprint density at radius 2 is 1.92 bits per heavy atom. The molecule has 0 atom stereocenters. The van der Waals surface area contributed by atoms with Crippen LogP contribution in [0.25, 0.3) is 10.9 Å². The zero-order valence-corrected chi connectivity index (χ0v) is 13.8. The quantitative estimate of drug-likeness (QED) is 0.735. The van der Waals surface area contributed by atoms with E-state index in [4.69, 9.17) is 11.6 Å². The molecule has 0 spiro atoms. The van der Waals surface area contributed by atoms with Crippen molar-refractivity contribution in [2.24, 2.45) is 0 Å². The van der Waals surface area contributed by atoms with Crippen LogP contribution in [0.3, 0.4) is 0 Å². The molecule has 1 aromatic heterocycles. The van der Waals surface area contributed by atoms with Crippen molar-refractivity contribution in [3.05, 3.63) is 64.6 Å². The molecule has 0 aliphatic rings. The number of rotatable bonds is 2. The summed E-state index contributed by atoms with van der Waals surface area (Å²) >= 11 is 6.06. The molecule has 0 radical (unpaired) electrons. The van der Waals surface area contributed by atoms with E-state index in [0.717, 1.165) is 5.56 Å². The van der Waals surface area contributed by atoms with Gasteiger partial charge in [-0.2, -0.15) is 0 Å². The second-order valence-electron chi connectivity index (χ2n) is 5.51. The first-order valence-electron chi connectivity index (χ1n) is 7.26. The number of amides is 1. The van der Waals surface area contributed by atoms with E-state index in [1.807, 2.05) is 6.92 Å². The van der Waals surface area contributed by atoms with E-state index in [9.17, 15) is 14.0 Å². The van der Waals surface area contributed by atoms with E-state index in [0.29, 0.717) is 21.6 Å². The highest BCUT2D eigenvalue weighted by Gasteiger charge is 2.17. The molecule has 1 amide bonds. The van der Waals surface area contributed by atoms with Crippen LogP contribution in [0.4, 0.5) is 10.1 Å². The average molecular weight is 345 g/mol. The second-order valence-corrected chi connectivity index (χ2v) is 5.92. The predicted molar refractivity (Wildman–Crippen MR) is 92.3 cm³/mol. The number of hydrogen-bond donors (Lipinski definition) is 1. The van der Waals surface area contributed by atoms with Gasteiger partial charge in [-0.25, -0.2) is 4.39 Å². The van der Waals surface area contributed by atoms with E-state index in [-0.39, 0.29) is 11.5 Å². The van der Waals surface area contributed by atoms with Crippen LogP contribution < -0.4 is 5.32 Å². The van der Waals surface area contributed by atoms with Crippen molar-refractivity contribution in [2.45, 2.75) is 13.8 Å². The van der Waals surface area contributed by atoms with Crippen LogP contribution in [-0.2, 0) is 0 Å². The lowest BCUT2D eigenvalue weighted by Gasteiger charge is -2.06. The molecular weight excluding hydrogens is 331 g/mol. The van der Waals surface area contributed by atoms with Gasteiger partial charge in [0.1, 0.15) is 5.82 Å². The lowest BCUT2D eigenvalue weighted by Crippen LogP contribution is -2.12. The first kappa shape index (κ1) is 16.2. The van der Waals surface area contributed by atoms with Gasteiger partial charge in [0, 0.05) is 29.2 Å². The molecule has 24 heavy (non-hydrogen) atoms. The number of aryl methyl sites for hydroxylation is 1. The third-order valence-electron chi connectivity index (χ3n) is 3.78. The normalized spacial score (nSPS) is 10.8. The summed E-state index contributed by atoms with van der Waals surface area (Å²) in [6.45, 7) is 3.22. The summed E-state index contributed by atoms with van der Waals surface area (Å²) in [4.78, 5) is 24.3. The molecular formula is C18H14ClFN2O2. The number of fused-ring (bicyclic) bond motifs is 1. The third kappa shape index (κ3) is 2.90. The Morgan fingerprint density at radius 3 is 2.58 bits per heavy atom. The fourth-order valence-corrected chi connectivity index (χ4v) is 2.69. The Balaban J connectivity index is 2.03. The zero-order chi connectivity index (χ0) is 17.4. The first-order valence-corrected chi connectivity index (χ1v) is 7.63. The van der Waals surface area contributed by atoms with E-state index in [2.05, 4.69) is 5.32 Å². The summed E-state index contributed by atoms with van der Waals surface area (Å²) in [5.41, 5.74) is 2.09. The molecule has 2 aromatic carbocycles. The van der Waals surface area contributed by atoms with Crippen molar-refractivity contribution in [1.82, 2.24) is 4.57 Å². The summed E-state index contributed by atoms with van der Waals surface area (Å²) in [6, 6.07) is 9.16. The minimum absolute atomic E-state index is 0.289. The van der Waals surface area contributed by atoms with Gasteiger partial charge in [-0.1, -0.05) is 17.7 Å². The van der Waals surface area contributed by atoms with Gasteiger partial charge in [0.05, 0.1) is 11.1 Å². The molecule has 0 aliphatic carbocycles. The first-order chi connectivity index (χ1) is 11.4. The SMILES string of the molecule is CC(=O)n1cc(C(=O)Nc2ccc(C)c(Cl)c2)c2ccc(F)cc21. The maximum Gasteiger partial charge on any atom is 0.257 e. The molecule has 6 heteroatoms. The number of aromatic nitrogens is 1. The highest BCUT2D eigenvalue weighted by Crippen LogP contribution is 2.25. The number of hydrogen-bond acceptors (Lipinski definition) is 2. The van der Waals surface area contributed by atoms with Crippen LogP contribution >= 0.6 is 11.6 Å². The van der Waals surface area contributed by atoms with Gasteiger partial charge < -0.3 is 5.32 Å². The Kier molecular flexibility index (Phi) is 4.11. The number of carbonyl (C=O) groups is 2. The second kappa shape index (κ2) is 6.09. The molecule has 3 aromatic rings. The van der Waals surface area contributed by atoms with Crippen LogP contribution in [0.2, 0.25) is 5.02 Å². The number of nitrogens with one attached hydrogen (secondary N) is 1. The van der Waals surface area contributed by atoms with Gasteiger partial charge >= 0.3 is 0 Å². The van der Waals surface area contributed by atoms with Gasteiger partial charge in [-0.15, -0.1) is 0 Å². The molecule has 0 unspecified atom stereocenters. The Bertz CT molecular complexity index is 979. The average Bonchev–Trinajstić information content (AvgIpc) is 2.90. The van der Waals surface area contributed by atoms with Gasteiger partial charge in [0.2, 0.25) is 5.91 Å². The van der Waals surface area contributed by atoms with Gasteiger partial charge in [-0.3, -0.25) is 14.2 Å². The molecule has 0 aliphatic heterocycles. The molecule has 1 N–H and O–H groups in total. The number of benzene rings is 2. The zero-order valence-electron chi connectivity index (χ0n) is 13.1. The van der Waals surface area contributed by atoms with Crippen molar-refractivity contribution in [2.75, 3.05) is 5.32 Å². The molecule has 1 heterocycles. The molecule has 0 bridgehead atoms. The standard InChI is InChI=1S/C18H14ClFN2O2/c1-10-3-5-13(8-16(10)19)21-18(24)15-9-22(11(2)23)17-7-12(20)4-6-14(15)17/h3-9H,1-2H3,(H,21,24). The molecule has 0 saturated carbocycles. The Labute approximate surface area is 142 Å². The van der Waals surface area contributed by atoms with Crippen LogP contribution in [0, 0.1) is 12.7 Å². The summed E-state index contributed by atoms with van der Waals surface area (Å²) in [5.74, 6) is -1.17. The molecule has 0 fully saturated rings. The fraction of sp³-hybridized carbons (Fsp3) is 0.111. The van der Waals surface area contributed by atoms with E-state index >= 15 is 0 Å². The number of anilines is 1. The number of nitrogens with zero attached hydrogens (tertiary/aromatic N) is 1. The summed E-state index contributed by atoms with van der Waals surface area (Å²) in [5, 5.41) is 3.79. The van der Waals surface area contributed by atoms with E-state index in [1.165, 1.54) is 35.9 Å². The summed E-state index contributed by atoms with van der Waals surface area (Å²) in [6.07, 6.45) is 1.41. The van der Waals surface area contributed by atoms with Crippen molar-refractivity contribution in [1.29, 1.82) is 0 Å². The van der Waals surface area contributed by atoms with Gasteiger partial charge in [0.25, 0.3) is 5.91 Å². The molecule has 3 rings (SSSR count). The van der Waals surface area contributed by atoms with E-state index in [1.54, 1.807) is 18.2 Å². The topological polar surface area (TPSA) is 51.1 Å². The number of halogens is 2. The molecule has 0 saturated heterocycles. The largest absolute Gasteiger partial charge is 0.322 e. The van der Waals surface area contributed by atoms with Gasteiger partial charge in [0.15, 0.2) is 0 Å². The minimum Gasteiger partial charge on any atom is -0.322 e. The van der Waals surface area contributed by atoms with Crippen LogP contribution in [0.15, 0.2) is 42.6 Å². The maximum atomic E-state index is 13.5. The van der Waals surface area contributed by atoms with Crippen molar-refractivity contribution in [3.63, 3.8) is 0 Å². The third-order valence-corrected chi connectivity index (χ3v) is 4.19. The molecule has 4 nitrogen and oxygen atoms in total. The van der Waals surface area contributed by atoms with E-state index < -0.39 is 11.7 Å². The van der Waals surface area contributed by atoms with Crippen LogP contribution in [0.5, 0.6) is 0 Å². The highest BCUT2D eigenvalue weighted by atomic mass is 35.5. The smallest absolute Gasteiger partial charge is 0.257 e. The van der Waals surface area contributed by atoms with Crippen molar-refractivity contribution >= 4 is 40.0 Å².